The SMILES string of the molecule is C=C\C(C)=C/C=C(C)/C=C/c1ccc(C)cc1.CC. The lowest BCUT2D eigenvalue weighted by atomic mass is 10.1. The van der Waals surface area contributed by atoms with Gasteiger partial charge in [0.2, 0.25) is 0 Å². The zero-order chi connectivity index (χ0) is 14.7. The van der Waals surface area contributed by atoms with Gasteiger partial charge < -0.3 is 0 Å². The Morgan fingerprint density at radius 1 is 0.947 bits per heavy atom. The van der Waals surface area contributed by atoms with Crippen molar-refractivity contribution < 1.29 is 0 Å². The maximum absolute atomic E-state index is 3.72. The minimum absolute atomic E-state index is 1.17. The van der Waals surface area contributed by atoms with E-state index in [1.54, 1.807) is 0 Å². The van der Waals surface area contributed by atoms with Gasteiger partial charge in [-0.25, -0.2) is 0 Å². The Hall–Kier alpha value is -1.82. The molecule has 0 spiro atoms. The van der Waals surface area contributed by atoms with Crippen LogP contribution in [0.5, 0.6) is 0 Å². The van der Waals surface area contributed by atoms with Gasteiger partial charge in [-0.1, -0.05) is 91.8 Å². The van der Waals surface area contributed by atoms with Gasteiger partial charge in [0, 0.05) is 0 Å². The van der Waals surface area contributed by atoms with E-state index >= 15 is 0 Å². The Morgan fingerprint density at radius 2 is 1.47 bits per heavy atom. The van der Waals surface area contributed by atoms with Crippen LogP contribution in [0, 0.1) is 6.92 Å². The van der Waals surface area contributed by atoms with E-state index in [2.05, 4.69) is 69.0 Å². The molecule has 0 N–H and O–H groups in total. The smallest absolute Gasteiger partial charge is 0.0256 e. The maximum Gasteiger partial charge on any atom is -0.0256 e. The van der Waals surface area contributed by atoms with Crippen molar-refractivity contribution >= 4 is 6.08 Å². The molecule has 0 aliphatic carbocycles. The molecule has 0 bridgehead atoms. The van der Waals surface area contributed by atoms with Gasteiger partial charge in [0.25, 0.3) is 0 Å². The van der Waals surface area contributed by atoms with E-state index in [0.717, 1.165) is 0 Å². The lowest BCUT2D eigenvalue weighted by Crippen LogP contribution is -1.74. The van der Waals surface area contributed by atoms with E-state index in [1.165, 1.54) is 22.3 Å². The molecule has 0 fully saturated rings. The van der Waals surface area contributed by atoms with Crippen molar-refractivity contribution in [2.45, 2.75) is 34.6 Å². The largest absolute Gasteiger partial charge is 0.0988 e. The van der Waals surface area contributed by atoms with Gasteiger partial charge >= 0.3 is 0 Å². The molecule has 1 rings (SSSR count). The molecule has 19 heavy (non-hydrogen) atoms. The highest BCUT2D eigenvalue weighted by Crippen LogP contribution is 2.07. The molecule has 0 radical (unpaired) electrons. The van der Waals surface area contributed by atoms with Crippen molar-refractivity contribution in [3.63, 3.8) is 0 Å². The summed E-state index contributed by atoms with van der Waals surface area (Å²) in [7, 11) is 0. The van der Waals surface area contributed by atoms with Crippen molar-refractivity contribution in [2.75, 3.05) is 0 Å². The molecule has 102 valence electrons. The topological polar surface area (TPSA) is 0 Å². The minimum atomic E-state index is 1.17. The fourth-order valence-electron chi connectivity index (χ4n) is 1.29. The van der Waals surface area contributed by atoms with E-state index in [0.29, 0.717) is 0 Å². The standard InChI is InChI=1S/C17H20.C2H6/c1-5-14(2)6-7-15(3)8-11-17-12-9-16(4)10-13-17;1-2/h5-13H,1H2,2-4H3;1-2H3/b11-8+,14-6-,15-7+;. The molecule has 0 nitrogen and oxygen atoms in total. The van der Waals surface area contributed by atoms with Crippen LogP contribution in [0.3, 0.4) is 0 Å². The summed E-state index contributed by atoms with van der Waals surface area (Å²) in [5.41, 5.74) is 4.92. The van der Waals surface area contributed by atoms with E-state index in [-0.39, 0.29) is 0 Å². The van der Waals surface area contributed by atoms with E-state index in [1.807, 2.05) is 26.8 Å². The molecule has 0 aliphatic heterocycles. The lowest BCUT2D eigenvalue weighted by Gasteiger charge is -1.95. The third-order valence-corrected chi connectivity index (χ3v) is 2.55. The highest BCUT2D eigenvalue weighted by Gasteiger charge is 1.86. The van der Waals surface area contributed by atoms with Crippen LogP contribution in [0.2, 0.25) is 0 Å². The van der Waals surface area contributed by atoms with Gasteiger partial charge in [-0.15, -0.1) is 0 Å². The molecular formula is C19H26. The monoisotopic (exact) mass is 254 g/mol. The first-order valence-electron chi connectivity index (χ1n) is 6.84. The summed E-state index contributed by atoms with van der Waals surface area (Å²) >= 11 is 0. The quantitative estimate of drug-likeness (QED) is 0.568. The van der Waals surface area contributed by atoms with Crippen molar-refractivity contribution in [2.24, 2.45) is 0 Å². The second-order valence-electron chi connectivity index (χ2n) is 4.27. The van der Waals surface area contributed by atoms with Gasteiger partial charge in [-0.2, -0.15) is 0 Å². The molecule has 0 saturated heterocycles. The number of rotatable bonds is 4. The number of allylic oxidation sites excluding steroid dienone is 6. The number of benzene rings is 1. The molecule has 1 aromatic carbocycles. The fraction of sp³-hybridized carbons (Fsp3) is 0.263. The molecule has 0 aromatic heterocycles. The number of hydrogen-bond acceptors (Lipinski definition) is 0. The average Bonchev–Trinajstić information content (AvgIpc) is 2.46. The van der Waals surface area contributed by atoms with Crippen LogP contribution >= 0.6 is 0 Å². The van der Waals surface area contributed by atoms with Crippen LogP contribution < -0.4 is 0 Å². The third-order valence-electron chi connectivity index (χ3n) is 2.55. The highest BCUT2D eigenvalue weighted by molar-refractivity contribution is 5.53. The normalized spacial score (nSPS) is 12.1. The summed E-state index contributed by atoms with van der Waals surface area (Å²) in [5.74, 6) is 0. The molecule has 0 aliphatic rings. The molecule has 0 heteroatoms. The van der Waals surface area contributed by atoms with Crippen molar-refractivity contribution in [3.05, 3.63) is 77.4 Å². The summed E-state index contributed by atoms with van der Waals surface area (Å²) in [6.45, 7) is 14.0. The summed E-state index contributed by atoms with van der Waals surface area (Å²) in [6.07, 6.45) is 10.3. The van der Waals surface area contributed by atoms with Crippen LogP contribution in [0.25, 0.3) is 6.08 Å². The van der Waals surface area contributed by atoms with Crippen LogP contribution in [-0.4, -0.2) is 0 Å². The maximum atomic E-state index is 3.72. The van der Waals surface area contributed by atoms with Gasteiger partial charge in [0.05, 0.1) is 0 Å². The van der Waals surface area contributed by atoms with Crippen molar-refractivity contribution in [1.82, 2.24) is 0 Å². The molecule has 1 aromatic rings. The molecule has 0 amide bonds. The fourth-order valence-corrected chi connectivity index (χ4v) is 1.29. The first-order chi connectivity index (χ1) is 9.11. The van der Waals surface area contributed by atoms with Crippen LogP contribution in [0.15, 0.2) is 66.3 Å². The zero-order valence-electron chi connectivity index (χ0n) is 12.9. The Morgan fingerprint density at radius 3 is 2.00 bits per heavy atom. The molecule has 0 saturated carbocycles. The average molecular weight is 254 g/mol. The van der Waals surface area contributed by atoms with Crippen LogP contribution in [0.4, 0.5) is 0 Å². The number of hydrogen-bond donors (Lipinski definition) is 0. The van der Waals surface area contributed by atoms with E-state index in [9.17, 15) is 0 Å². The summed E-state index contributed by atoms with van der Waals surface area (Å²) in [5, 5.41) is 0. The molecule has 0 heterocycles. The van der Waals surface area contributed by atoms with E-state index < -0.39 is 0 Å². The minimum Gasteiger partial charge on any atom is -0.0988 e. The predicted molar refractivity (Wildman–Crippen MR) is 89.3 cm³/mol. The Kier molecular flexibility index (Phi) is 9.16. The van der Waals surface area contributed by atoms with Gasteiger partial charge in [-0.3, -0.25) is 0 Å². The summed E-state index contributed by atoms with van der Waals surface area (Å²) < 4.78 is 0. The first kappa shape index (κ1) is 17.2. The molecular weight excluding hydrogens is 228 g/mol. The second-order valence-corrected chi connectivity index (χ2v) is 4.27. The predicted octanol–water partition coefficient (Wildman–Crippen LogP) is 6.11. The van der Waals surface area contributed by atoms with Gasteiger partial charge in [-0.05, 0) is 26.3 Å². The highest BCUT2D eigenvalue weighted by atomic mass is 13.9. The Bertz CT molecular complexity index is 453. The van der Waals surface area contributed by atoms with Crippen LogP contribution in [-0.2, 0) is 0 Å². The summed E-state index contributed by atoms with van der Waals surface area (Å²) in [4.78, 5) is 0. The zero-order valence-corrected chi connectivity index (χ0v) is 12.9. The first-order valence-corrected chi connectivity index (χ1v) is 6.84. The van der Waals surface area contributed by atoms with Gasteiger partial charge in [0.1, 0.15) is 0 Å². The summed E-state index contributed by atoms with van der Waals surface area (Å²) in [6, 6.07) is 8.51. The van der Waals surface area contributed by atoms with Crippen LogP contribution in [0.1, 0.15) is 38.8 Å². The second kappa shape index (κ2) is 10.1. The Balaban J connectivity index is 0.00000154. The molecule has 0 unspecified atom stereocenters. The van der Waals surface area contributed by atoms with E-state index in [4.69, 9.17) is 0 Å². The van der Waals surface area contributed by atoms with Crippen molar-refractivity contribution in [1.29, 1.82) is 0 Å². The number of aryl methyl sites for hydroxylation is 1. The Labute approximate surface area is 118 Å². The lowest BCUT2D eigenvalue weighted by molar-refractivity contribution is 1.46. The third kappa shape index (κ3) is 7.99. The molecule has 0 atom stereocenters. The van der Waals surface area contributed by atoms with Crippen molar-refractivity contribution in [3.8, 4) is 0 Å². The van der Waals surface area contributed by atoms with Gasteiger partial charge in [0.15, 0.2) is 0 Å².